The number of carbonyl (C=O) groups is 3. The van der Waals surface area contributed by atoms with Crippen molar-refractivity contribution in [3.63, 3.8) is 0 Å². The molecule has 9 heteroatoms. The van der Waals surface area contributed by atoms with Gasteiger partial charge in [0.25, 0.3) is 0 Å². The summed E-state index contributed by atoms with van der Waals surface area (Å²) in [4.78, 5) is 37.9. The van der Waals surface area contributed by atoms with E-state index in [4.69, 9.17) is 4.74 Å². The van der Waals surface area contributed by atoms with Crippen LogP contribution in [0.5, 0.6) is 0 Å². The third kappa shape index (κ3) is 4.14. The first-order valence-corrected chi connectivity index (χ1v) is 11.4. The van der Waals surface area contributed by atoms with Gasteiger partial charge in [0.1, 0.15) is 19.2 Å². The van der Waals surface area contributed by atoms with E-state index in [0.717, 1.165) is 22.3 Å². The normalized spacial score (nSPS) is 17.8. The number of carboxylic acid groups (broad SMARTS) is 1. The highest BCUT2D eigenvalue weighted by Gasteiger charge is 2.52. The minimum absolute atomic E-state index is 0.0450. The molecule has 1 fully saturated rings. The Morgan fingerprint density at radius 2 is 1.71 bits per heavy atom. The number of nitrogens with zero attached hydrogens (tertiary/aromatic N) is 3. The van der Waals surface area contributed by atoms with E-state index in [9.17, 15) is 19.5 Å². The first-order chi connectivity index (χ1) is 16.7. The van der Waals surface area contributed by atoms with Crippen LogP contribution in [0.4, 0.5) is 10.5 Å². The molecular formula is C26H26N4O5. The number of anilines is 1. The average Bonchev–Trinajstić information content (AvgIpc) is 3.37. The largest absolute Gasteiger partial charge is 0.480 e. The van der Waals surface area contributed by atoms with Crippen molar-refractivity contribution < 1.29 is 24.2 Å². The summed E-state index contributed by atoms with van der Waals surface area (Å²) in [5, 5.41) is 16.2. The molecule has 0 spiro atoms. The molecule has 1 unspecified atom stereocenters. The summed E-state index contributed by atoms with van der Waals surface area (Å²) >= 11 is 0. The number of carbonyl (C=O) groups excluding carboxylic acids is 2. The molecule has 180 valence electrons. The highest BCUT2D eigenvalue weighted by atomic mass is 16.5. The number of benzene rings is 2. The van der Waals surface area contributed by atoms with Crippen LogP contribution in [-0.4, -0.2) is 57.0 Å². The van der Waals surface area contributed by atoms with Gasteiger partial charge in [-0.05, 0) is 22.3 Å². The molecule has 5 rings (SSSR count). The van der Waals surface area contributed by atoms with E-state index < -0.39 is 23.5 Å². The van der Waals surface area contributed by atoms with Crippen molar-refractivity contribution in [3.8, 4) is 11.1 Å². The molecule has 3 aromatic rings. The Kier molecular flexibility index (Phi) is 5.55. The van der Waals surface area contributed by atoms with Crippen molar-refractivity contribution in [3.05, 3.63) is 72.1 Å². The van der Waals surface area contributed by atoms with E-state index in [0.29, 0.717) is 12.2 Å². The van der Waals surface area contributed by atoms with Crippen molar-refractivity contribution in [2.24, 2.45) is 5.41 Å². The van der Waals surface area contributed by atoms with Gasteiger partial charge in [0, 0.05) is 24.1 Å². The SMILES string of the molecule is CC1(C)CN(C(=O)Cn2cc(NC(=O)OCC3c4ccccc4-c4ccccc43)cn2)C1C(=O)O. The Morgan fingerprint density at radius 3 is 2.31 bits per heavy atom. The summed E-state index contributed by atoms with van der Waals surface area (Å²) < 4.78 is 6.90. The number of likely N-dealkylation sites (tertiary alicyclic amines) is 1. The lowest BCUT2D eigenvalue weighted by atomic mass is 9.75. The van der Waals surface area contributed by atoms with Crippen molar-refractivity contribution in [2.45, 2.75) is 32.4 Å². The number of rotatable bonds is 6. The Morgan fingerprint density at radius 1 is 1.09 bits per heavy atom. The van der Waals surface area contributed by atoms with E-state index in [-0.39, 0.29) is 25.0 Å². The molecule has 2 aromatic carbocycles. The van der Waals surface area contributed by atoms with E-state index in [2.05, 4.69) is 34.7 Å². The fourth-order valence-electron chi connectivity index (χ4n) is 5.12. The zero-order valence-electron chi connectivity index (χ0n) is 19.5. The van der Waals surface area contributed by atoms with Gasteiger partial charge in [0.05, 0.1) is 11.9 Å². The highest BCUT2D eigenvalue weighted by molar-refractivity contribution is 5.87. The molecule has 2 aliphatic rings. The van der Waals surface area contributed by atoms with Crippen LogP contribution in [0, 0.1) is 5.41 Å². The number of carboxylic acids is 1. The van der Waals surface area contributed by atoms with Crippen molar-refractivity contribution in [1.29, 1.82) is 0 Å². The third-order valence-corrected chi connectivity index (χ3v) is 6.70. The smallest absolute Gasteiger partial charge is 0.411 e. The standard InChI is InChI=1S/C26H26N4O5/c1-26(2)15-30(23(26)24(32)33)22(31)13-29-12-16(11-27-29)28-25(34)35-14-21-19-9-5-3-7-17(19)18-8-4-6-10-20(18)21/h3-12,21,23H,13-15H2,1-2H3,(H,28,34)(H,32,33). The zero-order valence-corrected chi connectivity index (χ0v) is 19.5. The summed E-state index contributed by atoms with van der Waals surface area (Å²) in [5.74, 6) is -1.41. The van der Waals surface area contributed by atoms with Gasteiger partial charge in [-0.1, -0.05) is 62.4 Å². The number of nitrogens with one attached hydrogen (secondary N) is 1. The summed E-state index contributed by atoms with van der Waals surface area (Å²) in [7, 11) is 0. The van der Waals surface area contributed by atoms with E-state index in [1.165, 1.54) is 22.0 Å². The van der Waals surface area contributed by atoms with Crippen LogP contribution < -0.4 is 5.32 Å². The third-order valence-electron chi connectivity index (χ3n) is 6.70. The summed E-state index contributed by atoms with van der Waals surface area (Å²) in [6.45, 7) is 4.08. The number of fused-ring (bicyclic) bond motifs is 3. The van der Waals surface area contributed by atoms with Crippen LogP contribution in [0.2, 0.25) is 0 Å². The van der Waals surface area contributed by atoms with E-state index in [1.54, 1.807) is 0 Å². The quantitative estimate of drug-likeness (QED) is 0.565. The van der Waals surface area contributed by atoms with Gasteiger partial charge < -0.3 is 14.7 Å². The molecular weight excluding hydrogens is 448 g/mol. The Labute approximate surface area is 202 Å². The van der Waals surface area contributed by atoms with Gasteiger partial charge in [0.15, 0.2) is 0 Å². The Bertz CT molecular complexity index is 1270. The lowest BCUT2D eigenvalue weighted by Gasteiger charge is -2.51. The average molecular weight is 475 g/mol. The van der Waals surface area contributed by atoms with Gasteiger partial charge in [-0.15, -0.1) is 0 Å². The molecule has 0 radical (unpaired) electrons. The molecule has 0 bridgehead atoms. The van der Waals surface area contributed by atoms with Crippen molar-refractivity contribution in [1.82, 2.24) is 14.7 Å². The minimum Gasteiger partial charge on any atom is -0.480 e. The fraction of sp³-hybridized carbons (Fsp3) is 0.308. The van der Waals surface area contributed by atoms with Gasteiger partial charge >= 0.3 is 12.1 Å². The Hall–Kier alpha value is -4.14. The number of hydrogen-bond acceptors (Lipinski definition) is 5. The molecule has 2 heterocycles. The minimum atomic E-state index is -1.02. The second-order valence-corrected chi connectivity index (χ2v) is 9.63. The molecule has 35 heavy (non-hydrogen) atoms. The lowest BCUT2D eigenvalue weighted by molar-refractivity contribution is -0.172. The fourth-order valence-corrected chi connectivity index (χ4v) is 5.12. The monoisotopic (exact) mass is 474 g/mol. The zero-order chi connectivity index (χ0) is 24.7. The van der Waals surface area contributed by atoms with Crippen LogP contribution in [0.3, 0.4) is 0 Å². The van der Waals surface area contributed by atoms with Gasteiger partial charge in [-0.3, -0.25) is 14.8 Å². The number of ether oxygens (including phenoxy) is 1. The molecule has 9 nitrogen and oxygen atoms in total. The first-order valence-electron chi connectivity index (χ1n) is 11.4. The Balaban J connectivity index is 1.18. The molecule has 1 aromatic heterocycles. The van der Waals surface area contributed by atoms with Crippen molar-refractivity contribution in [2.75, 3.05) is 18.5 Å². The number of aliphatic carboxylic acids is 1. The predicted octanol–water partition coefficient (Wildman–Crippen LogP) is 3.57. The van der Waals surface area contributed by atoms with Gasteiger partial charge in [-0.2, -0.15) is 5.10 Å². The second-order valence-electron chi connectivity index (χ2n) is 9.63. The molecule has 1 aliphatic heterocycles. The second kappa shape index (κ2) is 8.57. The van der Waals surface area contributed by atoms with Crippen LogP contribution in [0.1, 0.15) is 30.9 Å². The van der Waals surface area contributed by atoms with Gasteiger partial charge in [-0.25, -0.2) is 9.59 Å². The highest BCUT2D eigenvalue weighted by Crippen LogP contribution is 2.44. The number of amides is 2. The van der Waals surface area contributed by atoms with Gasteiger partial charge in [0.2, 0.25) is 5.91 Å². The molecule has 0 saturated carbocycles. The first kappa shape index (κ1) is 22.6. The van der Waals surface area contributed by atoms with E-state index in [1.807, 2.05) is 38.1 Å². The maximum Gasteiger partial charge on any atom is 0.411 e. The number of aromatic nitrogens is 2. The molecule has 2 amide bonds. The van der Waals surface area contributed by atoms with Crippen LogP contribution in [0.15, 0.2) is 60.9 Å². The lowest BCUT2D eigenvalue weighted by Crippen LogP contribution is -2.67. The summed E-state index contributed by atoms with van der Waals surface area (Å²) in [5.41, 5.74) is 4.47. The summed E-state index contributed by atoms with van der Waals surface area (Å²) in [6, 6.07) is 15.3. The molecule has 1 aliphatic carbocycles. The molecule has 1 saturated heterocycles. The summed E-state index contributed by atoms with van der Waals surface area (Å²) in [6.07, 6.45) is 2.32. The topological polar surface area (TPSA) is 114 Å². The maximum atomic E-state index is 12.6. The predicted molar refractivity (Wildman–Crippen MR) is 128 cm³/mol. The molecule has 2 N–H and O–H groups in total. The maximum absolute atomic E-state index is 12.6. The molecule has 1 atom stereocenters. The van der Waals surface area contributed by atoms with Crippen LogP contribution in [-0.2, 0) is 20.9 Å². The van der Waals surface area contributed by atoms with Crippen molar-refractivity contribution >= 4 is 23.7 Å². The number of hydrogen-bond donors (Lipinski definition) is 2. The van der Waals surface area contributed by atoms with E-state index >= 15 is 0 Å². The van der Waals surface area contributed by atoms with Crippen LogP contribution >= 0.6 is 0 Å². The van der Waals surface area contributed by atoms with Crippen LogP contribution in [0.25, 0.3) is 11.1 Å².